The van der Waals surface area contributed by atoms with Crippen molar-refractivity contribution in [2.24, 2.45) is 0 Å². The van der Waals surface area contributed by atoms with Crippen molar-refractivity contribution >= 4 is 22.2 Å². The summed E-state index contributed by atoms with van der Waals surface area (Å²) in [6.07, 6.45) is 0. The fourth-order valence-electron chi connectivity index (χ4n) is 4.87. The van der Waals surface area contributed by atoms with Gasteiger partial charge in [-0.1, -0.05) is 78.9 Å². The van der Waals surface area contributed by atoms with Crippen LogP contribution in [0.5, 0.6) is 0 Å². The maximum absolute atomic E-state index is 5.95. The standard InChI is InChI=1S/C35H21N5O2/c1-2-8-22(9-3-1)31-38-32(23-14-18-25(19-15-23)34-36-27-10-4-6-12-29(27)41-34)40-33(39-31)24-16-20-26(21-17-24)35-37-28-11-5-7-13-30(28)42-35/h1-21H. The van der Waals surface area contributed by atoms with Crippen molar-refractivity contribution in [3.63, 3.8) is 0 Å². The molecule has 5 aromatic carbocycles. The van der Waals surface area contributed by atoms with Crippen molar-refractivity contribution in [1.82, 2.24) is 24.9 Å². The van der Waals surface area contributed by atoms with Crippen LogP contribution in [0.3, 0.4) is 0 Å². The average Bonchev–Trinajstić information content (AvgIpc) is 3.70. The first kappa shape index (κ1) is 23.9. The van der Waals surface area contributed by atoms with Gasteiger partial charge in [-0.3, -0.25) is 0 Å². The number of oxazole rings is 2. The van der Waals surface area contributed by atoms with Gasteiger partial charge in [0.05, 0.1) is 0 Å². The van der Waals surface area contributed by atoms with Crippen molar-refractivity contribution in [1.29, 1.82) is 0 Å². The molecule has 0 aliphatic rings. The van der Waals surface area contributed by atoms with E-state index in [0.29, 0.717) is 29.3 Å². The second-order valence-corrected chi connectivity index (χ2v) is 9.80. The van der Waals surface area contributed by atoms with Gasteiger partial charge in [0.15, 0.2) is 28.6 Å². The molecule has 0 amide bonds. The van der Waals surface area contributed by atoms with Crippen molar-refractivity contribution in [2.75, 3.05) is 0 Å². The summed E-state index contributed by atoms with van der Waals surface area (Å²) in [4.78, 5) is 23.8. The zero-order chi connectivity index (χ0) is 27.9. The van der Waals surface area contributed by atoms with Crippen LogP contribution in [0.4, 0.5) is 0 Å². The summed E-state index contributed by atoms with van der Waals surface area (Å²) in [5.41, 5.74) is 7.55. The highest BCUT2D eigenvalue weighted by Gasteiger charge is 2.15. The molecule has 0 aliphatic heterocycles. The van der Waals surface area contributed by atoms with Crippen LogP contribution >= 0.6 is 0 Å². The Morgan fingerprint density at radius 2 is 0.667 bits per heavy atom. The topological polar surface area (TPSA) is 90.7 Å². The van der Waals surface area contributed by atoms with Crippen LogP contribution in [-0.2, 0) is 0 Å². The lowest BCUT2D eigenvalue weighted by molar-refractivity contribution is 0.619. The van der Waals surface area contributed by atoms with Crippen LogP contribution in [0.2, 0.25) is 0 Å². The Kier molecular flexibility index (Phi) is 5.64. The molecule has 7 nitrogen and oxygen atoms in total. The molecule has 7 heteroatoms. The molecule has 3 aromatic heterocycles. The van der Waals surface area contributed by atoms with E-state index in [0.717, 1.165) is 50.0 Å². The van der Waals surface area contributed by atoms with Crippen LogP contribution in [0.1, 0.15) is 0 Å². The Morgan fingerprint density at radius 3 is 1.10 bits per heavy atom. The van der Waals surface area contributed by atoms with E-state index in [9.17, 15) is 0 Å². The van der Waals surface area contributed by atoms with E-state index in [1.54, 1.807) is 0 Å². The number of fused-ring (bicyclic) bond motifs is 2. The molecule has 0 fully saturated rings. The number of rotatable bonds is 5. The van der Waals surface area contributed by atoms with Gasteiger partial charge in [0, 0.05) is 27.8 Å². The van der Waals surface area contributed by atoms with Gasteiger partial charge in [0.1, 0.15) is 11.0 Å². The van der Waals surface area contributed by atoms with Gasteiger partial charge < -0.3 is 8.83 Å². The van der Waals surface area contributed by atoms with E-state index < -0.39 is 0 Å². The first-order chi connectivity index (χ1) is 20.8. The first-order valence-corrected chi connectivity index (χ1v) is 13.5. The molecule has 0 atom stereocenters. The number of hydrogen-bond acceptors (Lipinski definition) is 7. The zero-order valence-corrected chi connectivity index (χ0v) is 22.2. The molecule has 198 valence electrons. The molecular weight excluding hydrogens is 522 g/mol. The normalized spacial score (nSPS) is 11.3. The molecule has 0 unspecified atom stereocenters. The second-order valence-electron chi connectivity index (χ2n) is 9.80. The molecular formula is C35H21N5O2. The summed E-state index contributed by atoms with van der Waals surface area (Å²) in [6.45, 7) is 0. The third kappa shape index (κ3) is 4.39. The Balaban J connectivity index is 1.17. The molecule has 3 heterocycles. The summed E-state index contributed by atoms with van der Waals surface area (Å²) >= 11 is 0. The maximum atomic E-state index is 5.95. The van der Waals surface area contributed by atoms with Crippen LogP contribution in [0, 0.1) is 0 Å². The van der Waals surface area contributed by atoms with E-state index >= 15 is 0 Å². The lowest BCUT2D eigenvalue weighted by Crippen LogP contribution is -2.00. The monoisotopic (exact) mass is 543 g/mol. The minimum absolute atomic E-state index is 0.572. The van der Waals surface area contributed by atoms with Crippen molar-refractivity contribution in [3.8, 4) is 57.1 Å². The van der Waals surface area contributed by atoms with Gasteiger partial charge in [-0.25, -0.2) is 24.9 Å². The Morgan fingerprint density at radius 1 is 0.310 bits per heavy atom. The average molecular weight is 544 g/mol. The SMILES string of the molecule is c1ccc(-c2nc(-c3ccc(-c4nc5ccccc5o4)cc3)nc(-c3ccc(-c4nc5ccccc5o4)cc3)n2)cc1. The van der Waals surface area contributed by atoms with E-state index in [1.165, 1.54) is 0 Å². The molecule has 0 aliphatic carbocycles. The lowest BCUT2D eigenvalue weighted by Gasteiger charge is -2.09. The second kappa shape index (κ2) is 9.91. The number of aromatic nitrogens is 5. The largest absolute Gasteiger partial charge is 0.436 e. The molecule has 0 N–H and O–H groups in total. The van der Waals surface area contributed by atoms with Crippen LogP contribution in [0.15, 0.2) is 136 Å². The van der Waals surface area contributed by atoms with Crippen molar-refractivity contribution < 1.29 is 8.83 Å². The Labute approximate surface area is 240 Å². The summed E-state index contributed by atoms with van der Waals surface area (Å²) < 4.78 is 11.9. The van der Waals surface area contributed by atoms with Gasteiger partial charge in [-0.2, -0.15) is 0 Å². The van der Waals surface area contributed by atoms with Crippen LogP contribution in [0.25, 0.3) is 79.3 Å². The van der Waals surface area contributed by atoms with Crippen LogP contribution < -0.4 is 0 Å². The Hall–Kier alpha value is -5.95. The van der Waals surface area contributed by atoms with Crippen LogP contribution in [-0.4, -0.2) is 24.9 Å². The molecule has 0 bridgehead atoms. The number of nitrogens with zero attached hydrogens (tertiary/aromatic N) is 5. The van der Waals surface area contributed by atoms with E-state index in [2.05, 4.69) is 9.97 Å². The summed E-state index contributed by atoms with van der Waals surface area (Å²) in [6, 6.07) is 41.2. The van der Waals surface area contributed by atoms with Gasteiger partial charge in [0.2, 0.25) is 11.8 Å². The summed E-state index contributed by atoms with van der Waals surface area (Å²) in [5, 5.41) is 0. The van der Waals surface area contributed by atoms with Crippen molar-refractivity contribution in [3.05, 3.63) is 127 Å². The predicted octanol–water partition coefficient (Wildman–Crippen LogP) is 8.49. The van der Waals surface area contributed by atoms with Gasteiger partial charge in [-0.15, -0.1) is 0 Å². The molecule has 0 saturated heterocycles. The lowest BCUT2D eigenvalue weighted by atomic mass is 10.1. The maximum Gasteiger partial charge on any atom is 0.227 e. The van der Waals surface area contributed by atoms with Crippen molar-refractivity contribution in [2.45, 2.75) is 0 Å². The highest BCUT2D eigenvalue weighted by Crippen LogP contribution is 2.30. The zero-order valence-electron chi connectivity index (χ0n) is 22.2. The third-order valence-corrected chi connectivity index (χ3v) is 7.04. The minimum atomic E-state index is 0.572. The third-order valence-electron chi connectivity index (χ3n) is 7.04. The van der Waals surface area contributed by atoms with Gasteiger partial charge >= 0.3 is 0 Å². The fourth-order valence-corrected chi connectivity index (χ4v) is 4.87. The molecule has 42 heavy (non-hydrogen) atoms. The summed E-state index contributed by atoms with van der Waals surface area (Å²) in [5.74, 6) is 2.89. The molecule has 0 radical (unpaired) electrons. The highest BCUT2D eigenvalue weighted by molar-refractivity contribution is 5.78. The summed E-state index contributed by atoms with van der Waals surface area (Å²) in [7, 11) is 0. The highest BCUT2D eigenvalue weighted by atomic mass is 16.4. The molecule has 8 aromatic rings. The smallest absolute Gasteiger partial charge is 0.227 e. The van der Waals surface area contributed by atoms with E-state index in [4.69, 9.17) is 23.8 Å². The number of para-hydroxylation sites is 4. The van der Waals surface area contributed by atoms with Gasteiger partial charge in [-0.05, 0) is 48.5 Å². The van der Waals surface area contributed by atoms with E-state index in [-0.39, 0.29) is 0 Å². The molecule has 8 rings (SSSR count). The van der Waals surface area contributed by atoms with E-state index in [1.807, 2.05) is 127 Å². The Bertz CT molecular complexity index is 1980. The molecule has 0 saturated carbocycles. The molecule has 0 spiro atoms. The predicted molar refractivity (Wildman–Crippen MR) is 162 cm³/mol. The first-order valence-electron chi connectivity index (χ1n) is 13.5. The fraction of sp³-hybridized carbons (Fsp3) is 0. The minimum Gasteiger partial charge on any atom is -0.436 e. The number of benzene rings is 5. The van der Waals surface area contributed by atoms with Gasteiger partial charge in [0.25, 0.3) is 0 Å². The quantitative estimate of drug-likeness (QED) is 0.215. The number of hydrogen-bond donors (Lipinski definition) is 0.